The van der Waals surface area contributed by atoms with Gasteiger partial charge in [0.1, 0.15) is 24.3 Å². The number of nitrogens with zero attached hydrogens (tertiary/aromatic N) is 1. The first-order valence-corrected chi connectivity index (χ1v) is 11.4. The summed E-state index contributed by atoms with van der Waals surface area (Å²) < 4.78 is 24.8. The van der Waals surface area contributed by atoms with Crippen LogP contribution in [0.2, 0.25) is 10.0 Å². The molecule has 2 aromatic carbocycles. The standard InChI is InChI=1S/C22H22Cl2FNO4S/c1-13-7-21(19(24)9-18(13)23)31-12-22(28)26-5-6-29-16(10-26)11-30-20-4-3-15(25)8-17(20)14(2)27/h3-4,7-9,16H,5-6,10-12H2,1-2H3. The number of rotatable bonds is 7. The van der Waals surface area contributed by atoms with Crippen molar-refractivity contribution >= 4 is 46.7 Å². The van der Waals surface area contributed by atoms with E-state index in [4.69, 9.17) is 32.7 Å². The molecular weight excluding hydrogens is 464 g/mol. The monoisotopic (exact) mass is 485 g/mol. The first kappa shape index (κ1) is 23.9. The Morgan fingerprint density at radius 1 is 1.26 bits per heavy atom. The number of Topliss-reactive ketones (excluding diaryl/α,β-unsaturated/α-hetero) is 1. The van der Waals surface area contributed by atoms with E-state index in [0.29, 0.717) is 35.5 Å². The van der Waals surface area contributed by atoms with Crippen molar-refractivity contribution in [3.63, 3.8) is 0 Å². The van der Waals surface area contributed by atoms with Crippen LogP contribution in [0.4, 0.5) is 4.39 Å². The van der Waals surface area contributed by atoms with E-state index >= 15 is 0 Å². The zero-order valence-electron chi connectivity index (χ0n) is 17.1. The fraction of sp³-hybridized carbons (Fsp3) is 0.364. The number of halogens is 3. The third-order valence-corrected chi connectivity index (χ3v) is 6.67. The summed E-state index contributed by atoms with van der Waals surface area (Å²) in [6.07, 6.45) is -0.353. The Balaban J connectivity index is 1.55. The smallest absolute Gasteiger partial charge is 0.233 e. The number of ketones is 1. The molecule has 0 spiro atoms. The molecule has 1 unspecified atom stereocenters. The second kappa shape index (κ2) is 10.7. The Bertz CT molecular complexity index is 988. The molecule has 1 heterocycles. The number of morpholine rings is 1. The van der Waals surface area contributed by atoms with E-state index < -0.39 is 5.82 Å². The molecule has 0 N–H and O–H groups in total. The predicted octanol–water partition coefficient (Wildman–Crippen LogP) is 5.04. The molecule has 1 saturated heterocycles. The van der Waals surface area contributed by atoms with Crippen molar-refractivity contribution in [1.82, 2.24) is 4.90 Å². The number of carbonyl (C=O) groups excluding carboxylic acids is 2. The van der Waals surface area contributed by atoms with Crippen molar-refractivity contribution in [2.45, 2.75) is 24.8 Å². The molecule has 2 aromatic rings. The maximum Gasteiger partial charge on any atom is 0.233 e. The molecule has 0 bridgehead atoms. The SMILES string of the molecule is CC(=O)c1cc(F)ccc1OCC1CN(C(=O)CSc2cc(C)c(Cl)cc2Cl)CCO1. The summed E-state index contributed by atoms with van der Waals surface area (Å²) >= 11 is 13.6. The van der Waals surface area contributed by atoms with E-state index in [-0.39, 0.29) is 35.7 Å². The fourth-order valence-corrected chi connectivity index (χ4v) is 4.57. The Labute approximate surface area is 194 Å². The third-order valence-electron chi connectivity index (χ3n) is 4.80. The molecule has 1 amide bonds. The number of amides is 1. The van der Waals surface area contributed by atoms with Crippen molar-refractivity contribution in [3.8, 4) is 5.75 Å². The van der Waals surface area contributed by atoms with Crippen LogP contribution < -0.4 is 4.74 Å². The number of hydrogen-bond acceptors (Lipinski definition) is 5. The van der Waals surface area contributed by atoms with Gasteiger partial charge in [-0.15, -0.1) is 11.8 Å². The van der Waals surface area contributed by atoms with Gasteiger partial charge in [-0.25, -0.2) is 4.39 Å². The van der Waals surface area contributed by atoms with Crippen LogP contribution in [-0.2, 0) is 9.53 Å². The molecule has 1 aliphatic heterocycles. The molecule has 5 nitrogen and oxygen atoms in total. The molecule has 0 saturated carbocycles. The van der Waals surface area contributed by atoms with Gasteiger partial charge in [0.05, 0.1) is 29.5 Å². The number of ether oxygens (including phenoxy) is 2. The van der Waals surface area contributed by atoms with Crippen LogP contribution in [0.1, 0.15) is 22.8 Å². The Morgan fingerprint density at radius 2 is 2.03 bits per heavy atom. The van der Waals surface area contributed by atoms with E-state index in [1.807, 2.05) is 13.0 Å². The molecule has 1 atom stereocenters. The van der Waals surface area contributed by atoms with Crippen LogP contribution in [0.3, 0.4) is 0 Å². The second-order valence-electron chi connectivity index (χ2n) is 7.16. The molecule has 31 heavy (non-hydrogen) atoms. The fourth-order valence-electron chi connectivity index (χ4n) is 3.10. The average molecular weight is 486 g/mol. The number of aryl methyl sites for hydroxylation is 1. The Hall–Kier alpha value is -1.80. The van der Waals surface area contributed by atoms with Crippen LogP contribution in [0, 0.1) is 12.7 Å². The zero-order valence-corrected chi connectivity index (χ0v) is 19.5. The Kier molecular flexibility index (Phi) is 8.22. The number of hydrogen-bond donors (Lipinski definition) is 0. The van der Waals surface area contributed by atoms with Crippen LogP contribution in [0.15, 0.2) is 35.2 Å². The van der Waals surface area contributed by atoms with Crippen LogP contribution in [-0.4, -0.2) is 54.8 Å². The lowest BCUT2D eigenvalue weighted by Gasteiger charge is -2.33. The third kappa shape index (κ3) is 6.35. The highest BCUT2D eigenvalue weighted by molar-refractivity contribution is 8.00. The normalized spacial score (nSPS) is 16.3. The summed E-state index contributed by atoms with van der Waals surface area (Å²) in [7, 11) is 0. The number of benzene rings is 2. The first-order chi connectivity index (χ1) is 14.7. The van der Waals surface area contributed by atoms with Crippen molar-refractivity contribution < 1.29 is 23.5 Å². The first-order valence-electron chi connectivity index (χ1n) is 9.65. The van der Waals surface area contributed by atoms with Gasteiger partial charge in [-0.1, -0.05) is 23.2 Å². The lowest BCUT2D eigenvalue weighted by atomic mass is 10.1. The summed E-state index contributed by atoms with van der Waals surface area (Å²) in [5.74, 6) is -0.293. The second-order valence-corrected chi connectivity index (χ2v) is 8.99. The highest BCUT2D eigenvalue weighted by atomic mass is 35.5. The largest absolute Gasteiger partial charge is 0.490 e. The van der Waals surface area contributed by atoms with Gasteiger partial charge < -0.3 is 14.4 Å². The van der Waals surface area contributed by atoms with Crippen molar-refractivity contribution in [2.75, 3.05) is 32.1 Å². The van der Waals surface area contributed by atoms with Crippen LogP contribution in [0.25, 0.3) is 0 Å². The number of carbonyl (C=O) groups is 2. The van der Waals surface area contributed by atoms with Gasteiger partial charge in [-0.2, -0.15) is 0 Å². The average Bonchev–Trinajstić information content (AvgIpc) is 2.74. The van der Waals surface area contributed by atoms with Crippen molar-refractivity contribution in [2.24, 2.45) is 0 Å². The van der Waals surface area contributed by atoms with E-state index in [9.17, 15) is 14.0 Å². The van der Waals surface area contributed by atoms with Gasteiger partial charge in [0.2, 0.25) is 5.91 Å². The maximum atomic E-state index is 13.4. The van der Waals surface area contributed by atoms with E-state index in [1.54, 1.807) is 11.0 Å². The van der Waals surface area contributed by atoms with Gasteiger partial charge in [0, 0.05) is 16.5 Å². The molecule has 9 heteroatoms. The van der Waals surface area contributed by atoms with Gasteiger partial charge in [0.25, 0.3) is 0 Å². The number of thioether (sulfide) groups is 1. The van der Waals surface area contributed by atoms with E-state index in [2.05, 4.69) is 0 Å². The lowest BCUT2D eigenvalue weighted by molar-refractivity contribution is -0.137. The Morgan fingerprint density at radius 3 is 2.77 bits per heavy atom. The van der Waals surface area contributed by atoms with Crippen LogP contribution in [0.5, 0.6) is 5.75 Å². The van der Waals surface area contributed by atoms with E-state index in [0.717, 1.165) is 16.5 Å². The predicted molar refractivity (Wildman–Crippen MR) is 120 cm³/mol. The summed E-state index contributed by atoms with van der Waals surface area (Å²) in [5.41, 5.74) is 1.07. The quantitative estimate of drug-likeness (QED) is 0.406. The minimum Gasteiger partial charge on any atom is -0.490 e. The zero-order chi connectivity index (χ0) is 22.5. The topological polar surface area (TPSA) is 55.8 Å². The minimum absolute atomic E-state index is 0.0341. The van der Waals surface area contributed by atoms with Crippen molar-refractivity contribution in [1.29, 1.82) is 0 Å². The van der Waals surface area contributed by atoms with Gasteiger partial charge in [-0.05, 0) is 49.7 Å². The molecule has 166 valence electrons. The van der Waals surface area contributed by atoms with Gasteiger partial charge in [-0.3, -0.25) is 9.59 Å². The lowest BCUT2D eigenvalue weighted by Crippen LogP contribution is -2.48. The van der Waals surface area contributed by atoms with Gasteiger partial charge in [0.15, 0.2) is 5.78 Å². The van der Waals surface area contributed by atoms with Gasteiger partial charge >= 0.3 is 0 Å². The minimum atomic E-state index is -0.503. The van der Waals surface area contributed by atoms with Crippen molar-refractivity contribution in [3.05, 3.63) is 57.3 Å². The summed E-state index contributed by atoms with van der Waals surface area (Å²) in [6.45, 7) is 4.61. The highest BCUT2D eigenvalue weighted by Crippen LogP contribution is 2.32. The van der Waals surface area contributed by atoms with E-state index in [1.165, 1.54) is 30.8 Å². The molecular formula is C22H22Cl2FNO4S. The molecule has 0 aliphatic carbocycles. The molecule has 0 aromatic heterocycles. The molecule has 3 rings (SSSR count). The molecule has 1 fully saturated rings. The molecule has 0 radical (unpaired) electrons. The maximum absolute atomic E-state index is 13.4. The summed E-state index contributed by atoms with van der Waals surface area (Å²) in [4.78, 5) is 26.9. The van der Waals surface area contributed by atoms with Crippen LogP contribution >= 0.6 is 35.0 Å². The highest BCUT2D eigenvalue weighted by Gasteiger charge is 2.25. The molecule has 1 aliphatic rings. The summed E-state index contributed by atoms with van der Waals surface area (Å²) in [6, 6.07) is 7.36. The summed E-state index contributed by atoms with van der Waals surface area (Å²) in [5, 5.41) is 1.10.